The lowest BCUT2D eigenvalue weighted by Crippen LogP contribution is -2.43. The van der Waals surface area contributed by atoms with E-state index in [4.69, 9.17) is 14.2 Å². The summed E-state index contributed by atoms with van der Waals surface area (Å²) in [6.07, 6.45) is -0.138. The largest absolute Gasteiger partial charge is 0.497 e. The second-order valence-electron chi connectivity index (χ2n) is 6.97. The number of para-hydroxylation sites is 1. The Labute approximate surface area is 184 Å². The first kappa shape index (κ1) is 22.6. The Hall–Kier alpha value is -4.08. The highest BCUT2D eigenvalue weighted by atomic mass is 16.5. The summed E-state index contributed by atoms with van der Waals surface area (Å²) in [6, 6.07) is 13.3. The van der Waals surface area contributed by atoms with Crippen LogP contribution in [0.4, 0.5) is 5.69 Å². The summed E-state index contributed by atoms with van der Waals surface area (Å²) in [5, 5.41) is 3.66. The second kappa shape index (κ2) is 10.3. The maximum absolute atomic E-state index is 12.6. The topological polar surface area (TPSA) is 123 Å². The van der Waals surface area contributed by atoms with Crippen LogP contribution in [-0.4, -0.2) is 56.1 Å². The lowest BCUT2D eigenvalue weighted by atomic mass is 10.1. The molecule has 0 saturated carbocycles. The minimum absolute atomic E-state index is 0.0647. The van der Waals surface area contributed by atoms with E-state index in [0.29, 0.717) is 17.2 Å². The first-order valence-electron chi connectivity index (χ1n) is 9.75. The van der Waals surface area contributed by atoms with Crippen molar-refractivity contribution in [3.8, 4) is 11.5 Å². The van der Waals surface area contributed by atoms with Crippen LogP contribution in [0.2, 0.25) is 0 Å². The molecule has 1 atom stereocenters. The summed E-state index contributed by atoms with van der Waals surface area (Å²) >= 11 is 0. The van der Waals surface area contributed by atoms with Crippen LogP contribution in [0.1, 0.15) is 16.8 Å². The van der Waals surface area contributed by atoms with Crippen LogP contribution in [0, 0.1) is 5.92 Å². The van der Waals surface area contributed by atoms with Crippen LogP contribution in [0.25, 0.3) is 0 Å². The molecule has 2 aromatic rings. The van der Waals surface area contributed by atoms with Crippen molar-refractivity contribution in [1.82, 2.24) is 10.4 Å². The monoisotopic (exact) mass is 441 g/mol. The van der Waals surface area contributed by atoms with Crippen molar-refractivity contribution in [2.45, 2.75) is 6.42 Å². The van der Waals surface area contributed by atoms with E-state index in [1.165, 1.54) is 26.4 Å². The van der Waals surface area contributed by atoms with E-state index in [1.54, 1.807) is 30.3 Å². The molecule has 2 aromatic carbocycles. The van der Waals surface area contributed by atoms with E-state index in [-0.39, 0.29) is 18.5 Å². The minimum atomic E-state index is -0.799. The number of anilines is 1. The number of nitrogens with one attached hydrogen (secondary N) is 2. The third kappa shape index (κ3) is 5.75. The van der Waals surface area contributed by atoms with Gasteiger partial charge in [-0.1, -0.05) is 18.2 Å². The number of esters is 1. The molecule has 1 heterocycles. The van der Waals surface area contributed by atoms with E-state index < -0.39 is 36.2 Å². The number of amides is 3. The summed E-state index contributed by atoms with van der Waals surface area (Å²) in [4.78, 5) is 49.0. The number of carbonyl (C=O) groups is 4. The zero-order chi connectivity index (χ0) is 23.1. The smallest absolute Gasteiger partial charge is 0.311 e. The molecule has 0 spiro atoms. The zero-order valence-corrected chi connectivity index (χ0v) is 17.6. The van der Waals surface area contributed by atoms with E-state index in [9.17, 15) is 19.2 Å². The molecule has 0 unspecified atom stereocenters. The summed E-state index contributed by atoms with van der Waals surface area (Å²) in [6.45, 7) is -0.542. The van der Waals surface area contributed by atoms with Gasteiger partial charge in [-0.3, -0.25) is 29.6 Å². The first-order chi connectivity index (χ1) is 15.4. The summed E-state index contributed by atoms with van der Waals surface area (Å²) in [5.41, 5.74) is 3.27. The average molecular weight is 441 g/mol. The summed E-state index contributed by atoms with van der Waals surface area (Å²) in [5.74, 6) is -2.16. The zero-order valence-electron chi connectivity index (χ0n) is 17.6. The van der Waals surface area contributed by atoms with Crippen molar-refractivity contribution in [1.29, 1.82) is 0 Å². The highest BCUT2D eigenvalue weighted by Gasteiger charge is 2.36. The number of hydrogen-bond acceptors (Lipinski definition) is 7. The molecule has 168 valence electrons. The van der Waals surface area contributed by atoms with Gasteiger partial charge in [0.05, 0.1) is 26.7 Å². The molecule has 1 aliphatic heterocycles. The fourth-order valence-electron chi connectivity index (χ4n) is 3.07. The van der Waals surface area contributed by atoms with E-state index in [0.717, 1.165) is 5.01 Å². The Balaban J connectivity index is 1.52. The van der Waals surface area contributed by atoms with Crippen LogP contribution < -0.4 is 20.2 Å². The van der Waals surface area contributed by atoms with Gasteiger partial charge in [0.25, 0.3) is 11.8 Å². The molecule has 0 aromatic heterocycles. The number of hydrogen-bond donors (Lipinski definition) is 2. The van der Waals surface area contributed by atoms with Gasteiger partial charge in [-0.2, -0.15) is 0 Å². The molecule has 0 radical (unpaired) electrons. The molecule has 1 saturated heterocycles. The molecule has 0 bridgehead atoms. The molecule has 0 aliphatic carbocycles. The molecular formula is C22H23N3O7. The van der Waals surface area contributed by atoms with Gasteiger partial charge in [0.1, 0.15) is 11.5 Å². The van der Waals surface area contributed by atoms with Crippen LogP contribution in [0.5, 0.6) is 11.5 Å². The SMILES string of the molecule is COc1cc(OC)cc(C(=O)NN2C[C@@H](C(=O)OCC(=O)Nc3ccccc3)CC2=O)c1. The number of rotatable bonds is 8. The third-order valence-electron chi connectivity index (χ3n) is 4.71. The van der Waals surface area contributed by atoms with E-state index in [2.05, 4.69) is 10.7 Å². The molecule has 3 amide bonds. The Morgan fingerprint density at radius 1 is 1.03 bits per heavy atom. The second-order valence-corrected chi connectivity index (χ2v) is 6.97. The van der Waals surface area contributed by atoms with Crippen LogP contribution >= 0.6 is 0 Å². The van der Waals surface area contributed by atoms with Gasteiger partial charge < -0.3 is 19.5 Å². The normalized spacial score (nSPS) is 15.1. The fourth-order valence-corrected chi connectivity index (χ4v) is 3.07. The van der Waals surface area contributed by atoms with Gasteiger partial charge in [-0.25, -0.2) is 0 Å². The molecular weight excluding hydrogens is 418 g/mol. The van der Waals surface area contributed by atoms with Gasteiger partial charge in [0.15, 0.2) is 6.61 Å². The Kier molecular flexibility index (Phi) is 7.27. The van der Waals surface area contributed by atoms with Crippen LogP contribution in [0.15, 0.2) is 48.5 Å². The summed E-state index contributed by atoms with van der Waals surface area (Å²) < 4.78 is 15.3. The highest BCUT2D eigenvalue weighted by molar-refractivity contribution is 5.97. The number of benzene rings is 2. The van der Waals surface area contributed by atoms with E-state index >= 15 is 0 Å². The number of hydrazine groups is 1. The maximum atomic E-state index is 12.6. The maximum Gasteiger partial charge on any atom is 0.311 e. The van der Waals surface area contributed by atoms with Crippen molar-refractivity contribution in [3.05, 3.63) is 54.1 Å². The van der Waals surface area contributed by atoms with Gasteiger partial charge in [-0.05, 0) is 24.3 Å². The van der Waals surface area contributed by atoms with Crippen LogP contribution in [0.3, 0.4) is 0 Å². The number of nitrogens with zero attached hydrogens (tertiary/aromatic N) is 1. The van der Waals surface area contributed by atoms with Crippen molar-refractivity contribution in [2.24, 2.45) is 5.92 Å². The molecule has 1 fully saturated rings. The van der Waals surface area contributed by atoms with Gasteiger partial charge in [0.2, 0.25) is 5.91 Å². The number of carbonyl (C=O) groups excluding carboxylic acids is 4. The Bertz CT molecular complexity index is 988. The quantitative estimate of drug-likeness (QED) is 0.593. The number of methoxy groups -OCH3 is 2. The molecule has 1 aliphatic rings. The van der Waals surface area contributed by atoms with Crippen molar-refractivity contribution in [3.63, 3.8) is 0 Å². The predicted octanol–water partition coefficient (Wildman–Crippen LogP) is 1.38. The molecule has 32 heavy (non-hydrogen) atoms. The minimum Gasteiger partial charge on any atom is -0.497 e. The number of ether oxygens (including phenoxy) is 3. The Morgan fingerprint density at radius 2 is 1.69 bits per heavy atom. The summed E-state index contributed by atoms with van der Waals surface area (Å²) in [7, 11) is 2.91. The average Bonchev–Trinajstić information content (AvgIpc) is 3.17. The lowest BCUT2D eigenvalue weighted by Gasteiger charge is -2.18. The van der Waals surface area contributed by atoms with Crippen molar-refractivity contribution < 1.29 is 33.4 Å². The lowest BCUT2D eigenvalue weighted by molar-refractivity contribution is -0.151. The van der Waals surface area contributed by atoms with Gasteiger partial charge in [-0.15, -0.1) is 0 Å². The molecule has 2 N–H and O–H groups in total. The standard InChI is InChI=1S/C22H23N3O7/c1-30-17-8-14(9-18(11-17)31-2)21(28)24-25-12-15(10-20(25)27)22(29)32-13-19(26)23-16-6-4-3-5-7-16/h3-9,11,15H,10,12-13H2,1-2H3,(H,23,26)(H,24,28)/t15-/m0/s1. The first-order valence-corrected chi connectivity index (χ1v) is 9.75. The predicted molar refractivity (Wildman–Crippen MR) is 113 cm³/mol. The third-order valence-corrected chi connectivity index (χ3v) is 4.71. The highest BCUT2D eigenvalue weighted by Crippen LogP contribution is 2.23. The molecule has 10 heteroatoms. The Morgan fingerprint density at radius 3 is 2.31 bits per heavy atom. The van der Waals surface area contributed by atoms with Crippen molar-refractivity contribution in [2.75, 3.05) is 32.7 Å². The van der Waals surface area contributed by atoms with Crippen molar-refractivity contribution >= 4 is 29.4 Å². The molecule has 3 rings (SSSR count). The van der Waals surface area contributed by atoms with Gasteiger partial charge >= 0.3 is 5.97 Å². The molecule has 10 nitrogen and oxygen atoms in total. The van der Waals surface area contributed by atoms with E-state index in [1.807, 2.05) is 6.07 Å². The van der Waals surface area contributed by atoms with Gasteiger partial charge in [0, 0.05) is 23.7 Å². The fraction of sp³-hybridized carbons (Fsp3) is 0.273. The van der Waals surface area contributed by atoms with Crippen LogP contribution in [-0.2, 0) is 19.1 Å².